The number of halogens is 3. The Morgan fingerprint density at radius 1 is 0.800 bits per heavy atom. The summed E-state index contributed by atoms with van der Waals surface area (Å²) in [7, 11) is 0. The van der Waals surface area contributed by atoms with Crippen LogP contribution in [0, 0.1) is 23.2 Å². The molecule has 0 spiro atoms. The first kappa shape index (κ1) is 40.7. The first-order chi connectivity index (χ1) is 28.9. The van der Waals surface area contributed by atoms with E-state index in [2.05, 4.69) is 35.3 Å². The van der Waals surface area contributed by atoms with E-state index in [0.29, 0.717) is 43.4 Å². The van der Waals surface area contributed by atoms with Crippen LogP contribution < -0.4 is 25.3 Å². The average Bonchev–Trinajstić information content (AvgIpc) is 3.50. The number of carbonyl (C=O) groups is 5. The van der Waals surface area contributed by atoms with Crippen molar-refractivity contribution in [2.75, 3.05) is 78.9 Å². The molecule has 5 aliphatic rings. The largest absolute Gasteiger partial charge is 0.417 e. The number of nitrogens with zero attached hydrogens (tertiary/aromatic N) is 8. The zero-order valence-electron chi connectivity index (χ0n) is 32.9. The molecule has 314 valence electrons. The van der Waals surface area contributed by atoms with Gasteiger partial charge in [0, 0.05) is 76.1 Å². The Bertz CT molecular complexity index is 2210. The molecule has 2 aromatic carbocycles. The lowest BCUT2D eigenvalue weighted by Crippen LogP contribution is -2.54. The van der Waals surface area contributed by atoms with Crippen molar-refractivity contribution in [3.8, 4) is 6.07 Å². The second kappa shape index (κ2) is 16.9. The number of alkyl halides is 3. The van der Waals surface area contributed by atoms with Crippen molar-refractivity contribution in [2.45, 2.75) is 57.2 Å². The summed E-state index contributed by atoms with van der Waals surface area (Å²) in [5.74, 6) is -0.892. The minimum Gasteiger partial charge on any atom is -0.371 e. The van der Waals surface area contributed by atoms with Gasteiger partial charge in [-0.05, 0) is 87.4 Å². The Hall–Kier alpha value is -6.09. The Balaban J connectivity index is 0.745. The minimum absolute atomic E-state index is 0.0772. The fourth-order valence-electron chi connectivity index (χ4n) is 8.94. The van der Waals surface area contributed by atoms with Gasteiger partial charge in [-0.25, -0.2) is 9.97 Å². The maximum atomic E-state index is 13.5. The molecule has 4 saturated heterocycles. The fourth-order valence-corrected chi connectivity index (χ4v) is 8.94. The van der Waals surface area contributed by atoms with Crippen LogP contribution in [0.2, 0.25) is 0 Å². The van der Waals surface area contributed by atoms with Crippen LogP contribution in [0.4, 0.5) is 36.2 Å². The van der Waals surface area contributed by atoms with Crippen LogP contribution in [0.15, 0.2) is 48.8 Å². The summed E-state index contributed by atoms with van der Waals surface area (Å²) in [6, 6.07) is 9.57. The summed E-state index contributed by atoms with van der Waals surface area (Å²) in [5, 5.41) is 14.2. The number of nitrogens with one attached hydrogen (secondary N) is 2. The number of imide groups is 2. The number of carbonyl (C=O) groups excluding carboxylic acids is 5. The van der Waals surface area contributed by atoms with Crippen molar-refractivity contribution in [3.63, 3.8) is 0 Å². The summed E-state index contributed by atoms with van der Waals surface area (Å²) < 4.78 is 40.4. The normalized spacial score (nSPS) is 20.9. The highest BCUT2D eigenvalue weighted by molar-refractivity contribution is 6.23. The van der Waals surface area contributed by atoms with Crippen LogP contribution in [0.25, 0.3) is 0 Å². The second-order valence-electron chi connectivity index (χ2n) is 16.1. The quantitative estimate of drug-likeness (QED) is 0.297. The highest BCUT2D eigenvalue weighted by atomic mass is 19.4. The van der Waals surface area contributed by atoms with Gasteiger partial charge in [-0.15, -0.1) is 0 Å². The molecule has 0 aliphatic carbocycles. The average molecular weight is 827 g/mol. The molecule has 15 nitrogen and oxygen atoms in total. The molecule has 3 aromatic rings. The maximum Gasteiger partial charge on any atom is 0.417 e. The number of nitriles is 1. The van der Waals surface area contributed by atoms with Crippen LogP contribution in [0.1, 0.15) is 76.8 Å². The number of piperidine rings is 3. The Morgan fingerprint density at radius 2 is 1.47 bits per heavy atom. The number of aromatic nitrogens is 2. The Morgan fingerprint density at radius 3 is 2.13 bits per heavy atom. The van der Waals surface area contributed by atoms with Gasteiger partial charge < -0.3 is 20.0 Å². The molecule has 8 rings (SSSR count). The van der Waals surface area contributed by atoms with Gasteiger partial charge >= 0.3 is 6.18 Å². The summed E-state index contributed by atoms with van der Waals surface area (Å²) >= 11 is 0. The van der Waals surface area contributed by atoms with E-state index in [1.165, 1.54) is 12.1 Å². The smallest absolute Gasteiger partial charge is 0.371 e. The van der Waals surface area contributed by atoms with Gasteiger partial charge in [0.25, 0.3) is 11.8 Å². The number of hydrogen-bond acceptors (Lipinski definition) is 12. The monoisotopic (exact) mass is 826 g/mol. The first-order valence-corrected chi connectivity index (χ1v) is 20.4. The van der Waals surface area contributed by atoms with Crippen LogP contribution in [-0.4, -0.2) is 114 Å². The molecule has 1 unspecified atom stereocenters. The molecule has 0 radical (unpaired) electrons. The molecule has 2 N–H and O–H groups in total. The van der Waals surface area contributed by atoms with Crippen LogP contribution in [-0.2, 0) is 20.6 Å². The fraction of sp³-hybridized carbons (Fsp3) is 0.476. The highest BCUT2D eigenvalue weighted by Gasteiger charge is 2.45. The van der Waals surface area contributed by atoms with Crippen molar-refractivity contribution < 1.29 is 37.1 Å². The molecular formula is C42H45F3N10O5. The lowest BCUT2D eigenvalue weighted by molar-refractivity contribution is -0.138. The van der Waals surface area contributed by atoms with Gasteiger partial charge in [0.1, 0.15) is 11.9 Å². The summed E-state index contributed by atoms with van der Waals surface area (Å²) in [6.07, 6.45) is 2.84. The topological polar surface area (TPSA) is 175 Å². The molecule has 18 heteroatoms. The van der Waals surface area contributed by atoms with Gasteiger partial charge in [-0.3, -0.25) is 39.1 Å². The lowest BCUT2D eigenvalue weighted by Gasteiger charge is -2.38. The van der Waals surface area contributed by atoms with Gasteiger partial charge in [0.15, 0.2) is 5.82 Å². The maximum absolute atomic E-state index is 13.5. The summed E-state index contributed by atoms with van der Waals surface area (Å²) in [6.45, 7) is 6.78. The Kier molecular flexibility index (Phi) is 11.4. The molecule has 1 atom stereocenters. The predicted octanol–water partition coefficient (Wildman–Crippen LogP) is 4.05. The number of amides is 5. The Labute approximate surface area is 344 Å². The van der Waals surface area contributed by atoms with Gasteiger partial charge in [-0.2, -0.15) is 18.4 Å². The third kappa shape index (κ3) is 8.49. The molecule has 5 aliphatic heterocycles. The molecule has 6 heterocycles. The third-order valence-corrected chi connectivity index (χ3v) is 12.5. The number of anilines is 4. The van der Waals surface area contributed by atoms with E-state index in [-0.39, 0.29) is 35.8 Å². The SMILES string of the molecule is N#Cc1ccc(N2CCC(C(=O)Nc3cnc(N4CCC(CCN5CCN(c6ccc7c(c6)C(=O)N(C6CCC(=O)NC6=O)C7=O)CC5)CC4)cn3)CC2)cc1C(F)(F)F. The van der Waals surface area contributed by atoms with Crippen molar-refractivity contribution in [3.05, 3.63) is 71.0 Å². The number of piperazine rings is 1. The first-order valence-electron chi connectivity index (χ1n) is 20.4. The molecule has 0 bridgehead atoms. The molecular weight excluding hydrogens is 782 g/mol. The van der Waals surface area contributed by atoms with Gasteiger partial charge in [0.2, 0.25) is 17.7 Å². The van der Waals surface area contributed by atoms with E-state index in [9.17, 15) is 37.1 Å². The molecule has 5 amide bonds. The molecule has 60 heavy (non-hydrogen) atoms. The van der Waals surface area contributed by atoms with Crippen LogP contribution >= 0.6 is 0 Å². The molecule has 1 aromatic heterocycles. The van der Waals surface area contributed by atoms with Crippen LogP contribution in [0.3, 0.4) is 0 Å². The lowest BCUT2D eigenvalue weighted by atomic mass is 9.93. The van der Waals surface area contributed by atoms with E-state index >= 15 is 0 Å². The van der Waals surface area contributed by atoms with Gasteiger partial charge in [-0.1, -0.05) is 0 Å². The van der Waals surface area contributed by atoms with E-state index < -0.39 is 47.0 Å². The molecule has 4 fully saturated rings. The standard InChI is InChI=1S/C42H45F3N10O5/c43-42(44,45)33-22-30(2-1-28(33)23-46)52-15-10-27(11-16-52)38(57)49-35-24-48-36(25-47-35)54-13-8-26(9-14-54)7-12-51-17-19-53(20-18-51)29-3-4-31-32(21-29)41(60)55(40(31)59)34-5-6-37(56)50-39(34)58/h1-4,21-22,24-27,34H,5-20H2,(H,47,49,57)(H,50,56,58). The van der Waals surface area contributed by atoms with Crippen molar-refractivity contribution in [1.29, 1.82) is 5.26 Å². The van der Waals surface area contributed by atoms with E-state index in [4.69, 9.17) is 5.26 Å². The third-order valence-electron chi connectivity index (χ3n) is 12.5. The van der Waals surface area contributed by atoms with Crippen molar-refractivity contribution >= 4 is 52.5 Å². The van der Waals surface area contributed by atoms with Crippen LogP contribution in [0.5, 0.6) is 0 Å². The predicted molar refractivity (Wildman–Crippen MR) is 213 cm³/mol. The van der Waals surface area contributed by atoms with E-state index in [1.54, 1.807) is 35.5 Å². The summed E-state index contributed by atoms with van der Waals surface area (Å²) in [4.78, 5) is 82.1. The molecule has 0 saturated carbocycles. The number of benzene rings is 2. The zero-order valence-corrected chi connectivity index (χ0v) is 32.9. The van der Waals surface area contributed by atoms with Gasteiger partial charge in [0.05, 0.1) is 40.7 Å². The number of fused-ring (bicyclic) bond motifs is 1. The van der Waals surface area contributed by atoms with E-state index in [1.807, 2.05) is 6.07 Å². The minimum atomic E-state index is -4.63. The summed E-state index contributed by atoms with van der Waals surface area (Å²) in [5.41, 5.74) is 0.419. The van der Waals surface area contributed by atoms with Crippen molar-refractivity contribution in [2.24, 2.45) is 11.8 Å². The second-order valence-corrected chi connectivity index (χ2v) is 16.1. The highest BCUT2D eigenvalue weighted by Crippen LogP contribution is 2.36. The van der Waals surface area contributed by atoms with E-state index in [0.717, 1.165) is 87.5 Å². The number of hydrogen-bond donors (Lipinski definition) is 2. The zero-order chi connectivity index (χ0) is 42.1. The number of rotatable bonds is 9. The van der Waals surface area contributed by atoms with Crippen molar-refractivity contribution in [1.82, 2.24) is 25.1 Å².